The highest BCUT2D eigenvalue weighted by molar-refractivity contribution is 7.90. The summed E-state index contributed by atoms with van der Waals surface area (Å²) in [6, 6.07) is 6.95. The number of hydrogen-bond donors (Lipinski definition) is 0. The van der Waals surface area contributed by atoms with E-state index in [1.54, 1.807) is 17.0 Å². The van der Waals surface area contributed by atoms with Gasteiger partial charge in [-0.05, 0) is 69.2 Å². The molecule has 3 rings (SSSR count). The molecule has 2 heterocycles. The minimum atomic E-state index is -3.19. The molecule has 7 nitrogen and oxygen atoms in total. The Morgan fingerprint density at radius 2 is 1.77 bits per heavy atom. The van der Waals surface area contributed by atoms with Crippen LogP contribution >= 0.6 is 0 Å². The Bertz CT molecular complexity index is 1010. The van der Waals surface area contributed by atoms with Gasteiger partial charge in [-0.25, -0.2) is 13.2 Å². The first-order chi connectivity index (χ1) is 14.5. The average molecular weight is 448 g/mol. The van der Waals surface area contributed by atoms with Gasteiger partial charge in [0.05, 0.1) is 17.1 Å². The maximum absolute atomic E-state index is 12.3. The molecule has 0 N–H and O–H groups in total. The monoisotopic (exact) mass is 447 g/mol. The molecule has 8 heteroatoms. The van der Waals surface area contributed by atoms with Crippen LogP contribution in [-0.2, 0) is 27.5 Å². The van der Waals surface area contributed by atoms with Crippen LogP contribution in [0.4, 0.5) is 4.79 Å². The maximum Gasteiger partial charge on any atom is 0.410 e. The number of hydrogen-bond acceptors (Lipinski definition) is 5. The molecule has 31 heavy (non-hydrogen) atoms. The van der Waals surface area contributed by atoms with E-state index in [0.29, 0.717) is 30.4 Å². The van der Waals surface area contributed by atoms with E-state index < -0.39 is 15.4 Å². The minimum Gasteiger partial charge on any atom is -0.444 e. The summed E-state index contributed by atoms with van der Waals surface area (Å²) < 4.78 is 30.7. The second kappa shape index (κ2) is 9.02. The van der Waals surface area contributed by atoms with Gasteiger partial charge >= 0.3 is 6.09 Å². The molecule has 0 radical (unpaired) electrons. The maximum atomic E-state index is 12.3. The predicted molar refractivity (Wildman–Crippen MR) is 120 cm³/mol. The standard InChI is InChI=1S/C23H33N3O4S/c1-6-21-20(18-11-13-25(14-12-18)22(27)30-23(2,3)4)16-26(24-21)15-17-7-9-19(10-8-17)31(5,28)29/h7-10,16,18H,6,11-15H2,1-5H3. The smallest absolute Gasteiger partial charge is 0.410 e. The summed E-state index contributed by atoms with van der Waals surface area (Å²) in [6.07, 6.45) is 5.71. The van der Waals surface area contributed by atoms with E-state index in [0.717, 1.165) is 30.5 Å². The van der Waals surface area contributed by atoms with Crippen molar-refractivity contribution in [3.63, 3.8) is 0 Å². The lowest BCUT2D eigenvalue weighted by molar-refractivity contribution is 0.0204. The Balaban J connectivity index is 1.67. The van der Waals surface area contributed by atoms with Gasteiger partial charge in [-0.1, -0.05) is 19.1 Å². The van der Waals surface area contributed by atoms with Crippen molar-refractivity contribution >= 4 is 15.9 Å². The molecule has 1 saturated heterocycles. The molecule has 0 aliphatic carbocycles. The van der Waals surface area contributed by atoms with E-state index in [2.05, 4.69) is 13.1 Å². The number of piperidine rings is 1. The van der Waals surface area contributed by atoms with E-state index in [4.69, 9.17) is 9.84 Å². The van der Waals surface area contributed by atoms with Crippen LogP contribution in [0.3, 0.4) is 0 Å². The summed E-state index contributed by atoms with van der Waals surface area (Å²) in [4.78, 5) is 14.4. The normalized spacial score (nSPS) is 15.8. The number of sulfone groups is 1. The third-order valence-electron chi connectivity index (χ3n) is 5.49. The quantitative estimate of drug-likeness (QED) is 0.692. The lowest BCUT2D eigenvalue weighted by Crippen LogP contribution is -2.41. The van der Waals surface area contributed by atoms with Crippen LogP contribution in [0.2, 0.25) is 0 Å². The number of ether oxygens (including phenoxy) is 1. The predicted octanol–water partition coefficient (Wildman–Crippen LogP) is 4.01. The van der Waals surface area contributed by atoms with Gasteiger partial charge in [0.1, 0.15) is 5.60 Å². The van der Waals surface area contributed by atoms with Crippen molar-refractivity contribution in [1.29, 1.82) is 0 Å². The zero-order valence-electron chi connectivity index (χ0n) is 19.1. The molecule has 1 aliphatic heterocycles. The number of rotatable bonds is 5. The third-order valence-corrected chi connectivity index (χ3v) is 6.62. The fourth-order valence-corrected chi connectivity index (χ4v) is 4.53. The zero-order valence-corrected chi connectivity index (χ0v) is 19.9. The highest BCUT2D eigenvalue weighted by atomic mass is 32.2. The molecule has 1 aliphatic rings. The lowest BCUT2D eigenvalue weighted by Gasteiger charge is -2.33. The van der Waals surface area contributed by atoms with E-state index in [1.807, 2.05) is 37.6 Å². The summed E-state index contributed by atoms with van der Waals surface area (Å²) in [6.45, 7) is 9.71. The molecule has 1 amide bonds. The van der Waals surface area contributed by atoms with E-state index in [1.165, 1.54) is 11.8 Å². The topological polar surface area (TPSA) is 81.5 Å². The molecule has 0 atom stereocenters. The van der Waals surface area contributed by atoms with Crippen LogP contribution in [-0.4, -0.2) is 54.1 Å². The van der Waals surface area contributed by atoms with Crippen LogP contribution < -0.4 is 0 Å². The second-order valence-electron chi connectivity index (χ2n) is 9.24. The van der Waals surface area contributed by atoms with Crippen molar-refractivity contribution in [2.45, 2.75) is 69.9 Å². The first-order valence-electron chi connectivity index (χ1n) is 10.8. The molecule has 1 aromatic heterocycles. The number of nitrogens with zero attached hydrogens (tertiary/aromatic N) is 3. The minimum absolute atomic E-state index is 0.241. The van der Waals surface area contributed by atoms with Crippen molar-refractivity contribution < 1.29 is 17.9 Å². The number of aromatic nitrogens is 2. The molecule has 0 spiro atoms. The van der Waals surface area contributed by atoms with Gasteiger partial charge < -0.3 is 9.64 Å². The van der Waals surface area contributed by atoms with E-state index in [-0.39, 0.29) is 6.09 Å². The van der Waals surface area contributed by atoms with Gasteiger partial charge in [0.2, 0.25) is 0 Å². The van der Waals surface area contributed by atoms with Crippen LogP contribution in [0.1, 0.15) is 63.3 Å². The summed E-state index contributed by atoms with van der Waals surface area (Å²) in [5.41, 5.74) is 2.86. The fraction of sp³-hybridized carbons (Fsp3) is 0.565. The number of carbonyl (C=O) groups is 1. The van der Waals surface area contributed by atoms with Crippen LogP contribution in [0.5, 0.6) is 0 Å². The van der Waals surface area contributed by atoms with Crippen molar-refractivity contribution in [3.05, 3.63) is 47.3 Å². The average Bonchev–Trinajstić information content (AvgIpc) is 3.09. The molecule has 0 saturated carbocycles. The van der Waals surface area contributed by atoms with E-state index >= 15 is 0 Å². The van der Waals surface area contributed by atoms with Crippen molar-refractivity contribution in [3.8, 4) is 0 Å². The Hall–Kier alpha value is -2.35. The van der Waals surface area contributed by atoms with Gasteiger partial charge in [0, 0.05) is 25.5 Å². The molecular formula is C23H33N3O4S. The molecule has 1 aromatic carbocycles. The van der Waals surface area contributed by atoms with Crippen LogP contribution in [0, 0.1) is 0 Å². The molecule has 170 valence electrons. The summed E-state index contributed by atoms with van der Waals surface area (Å²) in [5, 5.41) is 4.77. The van der Waals surface area contributed by atoms with Gasteiger partial charge in [-0.15, -0.1) is 0 Å². The van der Waals surface area contributed by atoms with Crippen molar-refractivity contribution in [2.75, 3.05) is 19.3 Å². The number of benzene rings is 1. The van der Waals surface area contributed by atoms with Crippen molar-refractivity contribution in [1.82, 2.24) is 14.7 Å². The van der Waals surface area contributed by atoms with Crippen LogP contribution in [0.15, 0.2) is 35.4 Å². The molecular weight excluding hydrogens is 414 g/mol. The Morgan fingerprint density at radius 3 is 2.29 bits per heavy atom. The Morgan fingerprint density at radius 1 is 1.16 bits per heavy atom. The molecule has 1 fully saturated rings. The lowest BCUT2D eigenvalue weighted by atomic mass is 9.89. The largest absolute Gasteiger partial charge is 0.444 e. The summed E-state index contributed by atoms with van der Waals surface area (Å²) >= 11 is 0. The van der Waals surface area contributed by atoms with Gasteiger partial charge in [-0.3, -0.25) is 4.68 Å². The number of aryl methyl sites for hydroxylation is 1. The zero-order chi connectivity index (χ0) is 22.8. The highest BCUT2D eigenvalue weighted by Gasteiger charge is 2.29. The number of amides is 1. The van der Waals surface area contributed by atoms with Crippen LogP contribution in [0.25, 0.3) is 0 Å². The van der Waals surface area contributed by atoms with Gasteiger partial charge in [0.15, 0.2) is 9.84 Å². The SMILES string of the molecule is CCc1nn(Cc2ccc(S(C)(=O)=O)cc2)cc1C1CCN(C(=O)OC(C)(C)C)CC1. The Kier molecular flexibility index (Phi) is 6.79. The van der Waals surface area contributed by atoms with Gasteiger partial charge in [0.25, 0.3) is 0 Å². The number of likely N-dealkylation sites (tertiary alicyclic amines) is 1. The molecule has 0 unspecified atom stereocenters. The first-order valence-corrected chi connectivity index (χ1v) is 12.7. The highest BCUT2D eigenvalue weighted by Crippen LogP contribution is 2.31. The second-order valence-corrected chi connectivity index (χ2v) is 11.3. The van der Waals surface area contributed by atoms with Crippen molar-refractivity contribution in [2.24, 2.45) is 0 Å². The molecule has 2 aromatic rings. The van der Waals surface area contributed by atoms with E-state index in [9.17, 15) is 13.2 Å². The number of carbonyl (C=O) groups excluding carboxylic acids is 1. The first kappa shape index (κ1) is 23.3. The Labute approximate surface area is 185 Å². The summed E-state index contributed by atoms with van der Waals surface area (Å²) in [5.74, 6) is 0.370. The third kappa shape index (κ3) is 6.09. The fourth-order valence-electron chi connectivity index (χ4n) is 3.90. The summed E-state index contributed by atoms with van der Waals surface area (Å²) in [7, 11) is -3.19. The molecule has 0 bridgehead atoms. The van der Waals surface area contributed by atoms with Gasteiger partial charge in [-0.2, -0.15) is 5.10 Å².